The predicted molar refractivity (Wildman–Crippen MR) is 118 cm³/mol. The lowest BCUT2D eigenvalue weighted by Gasteiger charge is -2.03. The van der Waals surface area contributed by atoms with E-state index in [4.69, 9.17) is 0 Å². The monoisotopic (exact) mass is 439 g/mol. The summed E-state index contributed by atoms with van der Waals surface area (Å²) in [6.45, 7) is 2.53. The molecule has 0 bridgehead atoms. The second kappa shape index (κ2) is 9.25. The Labute approximate surface area is 180 Å². The first kappa shape index (κ1) is 19.7. The van der Waals surface area contributed by atoms with Gasteiger partial charge in [0.25, 0.3) is 0 Å². The van der Waals surface area contributed by atoms with Crippen LogP contribution in [0.5, 0.6) is 0 Å². The molecule has 4 aromatic rings. The van der Waals surface area contributed by atoms with Crippen molar-refractivity contribution in [2.45, 2.75) is 18.5 Å². The normalized spacial score (nSPS) is 10.8. The summed E-state index contributed by atoms with van der Waals surface area (Å²) in [6.07, 6.45) is 3.55. The molecule has 0 aliphatic heterocycles. The van der Waals surface area contributed by atoms with E-state index in [0.29, 0.717) is 12.3 Å². The number of rotatable bonds is 7. The van der Waals surface area contributed by atoms with Crippen LogP contribution in [0.3, 0.4) is 0 Å². The van der Waals surface area contributed by atoms with E-state index in [0.717, 1.165) is 36.7 Å². The topological polar surface area (TPSA) is 80.7 Å². The van der Waals surface area contributed by atoms with E-state index in [9.17, 15) is 4.79 Å². The van der Waals surface area contributed by atoms with Gasteiger partial charge in [-0.25, -0.2) is 4.98 Å². The smallest absolute Gasteiger partial charge is 0.230 e. The summed E-state index contributed by atoms with van der Waals surface area (Å²) in [7, 11) is 0. The van der Waals surface area contributed by atoms with Crippen molar-refractivity contribution >= 4 is 40.3 Å². The number of thioether (sulfide) groups is 1. The molecule has 0 aliphatic rings. The van der Waals surface area contributed by atoms with Crippen LogP contribution in [0.4, 0.5) is 0 Å². The van der Waals surface area contributed by atoms with E-state index in [1.807, 2.05) is 48.7 Å². The number of hydrogen-bond donors (Lipinski definition) is 1. The standard InChI is InChI=1S/C20H17N5OS3/c1-13-19(29-20(23-13)14-4-2-8-21-10-14)16-6-7-18(25-24-16)28-12-17(26)22-11-15-5-3-9-27-15/h2-10H,11-12H2,1H3,(H,22,26). The van der Waals surface area contributed by atoms with Crippen molar-refractivity contribution < 1.29 is 4.79 Å². The van der Waals surface area contributed by atoms with Crippen LogP contribution < -0.4 is 5.32 Å². The van der Waals surface area contributed by atoms with E-state index in [1.54, 1.807) is 35.1 Å². The molecule has 0 radical (unpaired) electrons. The van der Waals surface area contributed by atoms with Crippen molar-refractivity contribution in [3.63, 3.8) is 0 Å². The fourth-order valence-corrected chi connectivity index (χ4v) is 4.86. The average molecular weight is 440 g/mol. The van der Waals surface area contributed by atoms with E-state index >= 15 is 0 Å². The van der Waals surface area contributed by atoms with E-state index < -0.39 is 0 Å². The average Bonchev–Trinajstić information content (AvgIpc) is 3.41. The minimum Gasteiger partial charge on any atom is -0.350 e. The summed E-state index contributed by atoms with van der Waals surface area (Å²) in [4.78, 5) is 22.9. The molecule has 0 aromatic carbocycles. The molecule has 146 valence electrons. The number of pyridine rings is 1. The largest absolute Gasteiger partial charge is 0.350 e. The van der Waals surface area contributed by atoms with Crippen LogP contribution in [-0.2, 0) is 11.3 Å². The first-order valence-electron chi connectivity index (χ1n) is 8.83. The molecule has 0 fully saturated rings. The van der Waals surface area contributed by atoms with E-state index in [2.05, 4.69) is 25.5 Å². The molecule has 4 heterocycles. The molecule has 4 rings (SSSR count). The van der Waals surface area contributed by atoms with Crippen LogP contribution >= 0.6 is 34.4 Å². The van der Waals surface area contributed by atoms with Gasteiger partial charge in [-0.15, -0.1) is 32.9 Å². The van der Waals surface area contributed by atoms with Crippen molar-refractivity contribution in [2.24, 2.45) is 0 Å². The summed E-state index contributed by atoms with van der Waals surface area (Å²) in [6, 6.07) is 11.7. The van der Waals surface area contributed by atoms with Crippen LogP contribution in [0.15, 0.2) is 59.2 Å². The molecule has 0 spiro atoms. The maximum atomic E-state index is 12.0. The van der Waals surface area contributed by atoms with Crippen LogP contribution in [0.2, 0.25) is 0 Å². The predicted octanol–water partition coefficient (Wildman–Crippen LogP) is 4.44. The number of nitrogens with one attached hydrogen (secondary N) is 1. The molecular weight excluding hydrogens is 422 g/mol. The highest BCUT2D eigenvalue weighted by Crippen LogP contribution is 2.34. The number of nitrogens with zero attached hydrogens (tertiary/aromatic N) is 4. The molecular formula is C20H17N5OS3. The quantitative estimate of drug-likeness (QED) is 0.429. The number of thiophene rings is 1. The zero-order valence-electron chi connectivity index (χ0n) is 15.5. The molecule has 1 N–H and O–H groups in total. The Bertz CT molecular complexity index is 1080. The van der Waals surface area contributed by atoms with Crippen LogP contribution in [-0.4, -0.2) is 31.8 Å². The molecule has 0 saturated heterocycles. The van der Waals surface area contributed by atoms with Gasteiger partial charge in [-0.05, 0) is 42.6 Å². The fourth-order valence-electron chi connectivity index (χ4n) is 2.55. The highest BCUT2D eigenvalue weighted by atomic mass is 32.2. The van der Waals surface area contributed by atoms with Gasteiger partial charge in [-0.1, -0.05) is 17.8 Å². The summed E-state index contributed by atoms with van der Waals surface area (Å²) >= 11 is 4.57. The molecule has 0 aliphatic carbocycles. The van der Waals surface area contributed by atoms with E-state index in [1.165, 1.54) is 11.8 Å². The molecule has 1 amide bonds. The summed E-state index contributed by atoms with van der Waals surface area (Å²) < 4.78 is 0. The summed E-state index contributed by atoms with van der Waals surface area (Å²) in [5, 5.41) is 15.1. The first-order chi connectivity index (χ1) is 14.2. The lowest BCUT2D eigenvalue weighted by Crippen LogP contribution is -2.24. The minimum atomic E-state index is -0.0197. The van der Waals surface area contributed by atoms with Crippen molar-refractivity contribution in [1.82, 2.24) is 25.5 Å². The molecule has 29 heavy (non-hydrogen) atoms. The van der Waals surface area contributed by atoms with Crippen molar-refractivity contribution in [3.8, 4) is 21.1 Å². The Hall–Kier alpha value is -2.62. The fraction of sp³-hybridized carbons (Fsp3) is 0.150. The highest BCUT2D eigenvalue weighted by molar-refractivity contribution is 7.99. The number of aryl methyl sites for hydroxylation is 1. The second-order valence-electron chi connectivity index (χ2n) is 6.08. The number of carbonyl (C=O) groups excluding carboxylic acids is 1. The summed E-state index contributed by atoms with van der Waals surface area (Å²) in [5.74, 6) is 0.290. The Morgan fingerprint density at radius 1 is 1.17 bits per heavy atom. The van der Waals surface area contributed by atoms with Gasteiger partial charge in [0.1, 0.15) is 15.7 Å². The number of aromatic nitrogens is 4. The maximum absolute atomic E-state index is 12.0. The van der Waals surface area contributed by atoms with Crippen molar-refractivity contribution in [3.05, 3.63) is 64.7 Å². The molecule has 6 nitrogen and oxygen atoms in total. The lowest BCUT2D eigenvalue weighted by atomic mass is 10.3. The minimum absolute atomic E-state index is 0.0197. The van der Waals surface area contributed by atoms with Crippen molar-refractivity contribution in [1.29, 1.82) is 0 Å². The zero-order valence-corrected chi connectivity index (χ0v) is 18.0. The van der Waals surface area contributed by atoms with Gasteiger partial charge in [-0.2, -0.15) is 0 Å². The van der Waals surface area contributed by atoms with Gasteiger partial charge < -0.3 is 5.32 Å². The molecule has 0 atom stereocenters. The Morgan fingerprint density at radius 3 is 2.83 bits per heavy atom. The number of amides is 1. The highest BCUT2D eigenvalue weighted by Gasteiger charge is 2.13. The van der Waals surface area contributed by atoms with Gasteiger partial charge in [-0.3, -0.25) is 9.78 Å². The van der Waals surface area contributed by atoms with Crippen LogP contribution in [0.25, 0.3) is 21.1 Å². The SMILES string of the molecule is Cc1nc(-c2cccnc2)sc1-c1ccc(SCC(=O)NCc2cccs2)nn1. The summed E-state index contributed by atoms with van der Waals surface area (Å²) in [5.41, 5.74) is 2.68. The number of carbonyl (C=O) groups is 1. The Morgan fingerprint density at radius 2 is 2.10 bits per heavy atom. The van der Waals surface area contributed by atoms with Crippen LogP contribution in [0.1, 0.15) is 10.6 Å². The Kier molecular flexibility index (Phi) is 6.28. The van der Waals surface area contributed by atoms with E-state index in [-0.39, 0.29) is 5.91 Å². The van der Waals surface area contributed by atoms with Gasteiger partial charge in [0.15, 0.2) is 0 Å². The third-order valence-corrected chi connectivity index (χ3v) is 6.99. The molecule has 9 heteroatoms. The molecule has 0 saturated carbocycles. The van der Waals surface area contributed by atoms with Gasteiger partial charge >= 0.3 is 0 Å². The van der Waals surface area contributed by atoms with Gasteiger partial charge in [0, 0.05) is 22.8 Å². The number of thiazole rings is 1. The van der Waals surface area contributed by atoms with Gasteiger partial charge in [0.05, 0.1) is 22.9 Å². The third kappa shape index (κ3) is 5.06. The zero-order chi connectivity index (χ0) is 20.1. The molecule has 4 aromatic heterocycles. The lowest BCUT2D eigenvalue weighted by molar-refractivity contribution is -0.118. The Balaban J connectivity index is 1.37. The van der Waals surface area contributed by atoms with Gasteiger partial charge in [0.2, 0.25) is 5.91 Å². The van der Waals surface area contributed by atoms with Crippen molar-refractivity contribution in [2.75, 3.05) is 5.75 Å². The second-order valence-corrected chi connectivity index (χ2v) is 9.10. The van der Waals surface area contributed by atoms with Crippen LogP contribution in [0, 0.1) is 6.92 Å². The maximum Gasteiger partial charge on any atom is 0.230 e. The first-order valence-corrected chi connectivity index (χ1v) is 11.5. The molecule has 0 unspecified atom stereocenters. The number of hydrogen-bond acceptors (Lipinski definition) is 8. The third-order valence-electron chi connectivity index (χ3n) is 3.97.